The molecule has 0 spiro atoms. The van der Waals surface area contributed by atoms with E-state index in [-0.39, 0.29) is 12.5 Å². The van der Waals surface area contributed by atoms with Gasteiger partial charge in [0.1, 0.15) is 5.82 Å². The van der Waals surface area contributed by atoms with Crippen LogP contribution in [0.2, 0.25) is 0 Å². The maximum absolute atomic E-state index is 12.5. The number of hydrogen-bond donors (Lipinski definition) is 3. The normalized spacial score (nSPS) is 12.0. The van der Waals surface area contributed by atoms with E-state index < -0.39 is 5.92 Å². The number of hydroxylamine groups is 2. The monoisotopic (exact) mass is 376 g/mol. The zero-order chi connectivity index (χ0) is 20.0. The van der Waals surface area contributed by atoms with Gasteiger partial charge in [0.05, 0.1) is 18.2 Å². The van der Waals surface area contributed by atoms with Crippen molar-refractivity contribution in [3.05, 3.63) is 17.3 Å². The molecule has 2 heterocycles. The third-order valence-corrected chi connectivity index (χ3v) is 4.54. The van der Waals surface area contributed by atoms with Crippen LogP contribution >= 0.6 is 0 Å². The first-order valence-corrected chi connectivity index (χ1v) is 9.15. The molecule has 0 saturated heterocycles. The van der Waals surface area contributed by atoms with E-state index in [1.807, 2.05) is 27.0 Å². The Kier molecular flexibility index (Phi) is 7.12. The van der Waals surface area contributed by atoms with Crippen LogP contribution in [-0.4, -0.2) is 43.9 Å². The lowest BCUT2D eigenvalue weighted by Gasteiger charge is -2.20. The second kappa shape index (κ2) is 9.31. The molecule has 9 heteroatoms. The fourth-order valence-electron chi connectivity index (χ4n) is 3.17. The minimum absolute atomic E-state index is 0.0485. The Hall–Kier alpha value is -2.68. The number of unbranched alkanes of at least 4 members (excludes halogenated alkanes) is 2. The summed E-state index contributed by atoms with van der Waals surface area (Å²) in [4.78, 5) is 27.7. The van der Waals surface area contributed by atoms with E-state index >= 15 is 0 Å². The van der Waals surface area contributed by atoms with Crippen LogP contribution in [0.3, 0.4) is 0 Å². The largest absolute Gasteiger partial charge is 0.286 e. The summed E-state index contributed by atoms with van der Waals surface area (Å²) < 4.78 is 1.70. The number of nitrogens with zero attached hydrogens (tertiary/aromatic N) is 4. The smallest absolute Gasteiger partial charge is 0.243 e. The summed E-state index contributed by atoms with van der Waals surface area (Å²) in [6.45, 7) is 5.92. The van der Waals surface area contributed by atoms with E-state index in [1.165, 1.54) is 0 Å². The second-order valence-corrected chi connectivity index (χ2v) is 6.77. The van der Waals surface area contributed by atoms with Crippen LogP contribution < -0.4 is 10.9 Å². The van der Waals surface area contributed by atoms with E-state index in [4.69, 9.17) is 0 Å². The fourth-order valence-corrected chi connectivity index (χ4v) is 3.17. The van der Waals surface area contributed by atoms with E-state index in [0.29, 0.717) is 23.7 Å². The minimum atomic E-state index is -0.511. The summed E-state index contributed by atoms with van der Waals surface area (Å²) in [6.07, 6.45) is 3.74. The predicted molar refractivity (Wildman–Crippen MR) is 102 cm³/mol. The number of rotatable bonds is 10. The molecule has 1 atom stereocenters. The second-order valence-electron chi connectivity index (χ2n) is 6.77. The van der Waals surface area contributed by atoms with Crippen LogP contribution in [-0.2, 0) is 16.6 Å². The molecule has 2 amide bonds. The van der Waals surface area contributed by atoms with Gasteiger partial charge in [0.25, 0.3) is 0 Å². The van der Waals surface area contributed by atoms with Gasteiger partial charge in [0, 0.05) is 12.4 Å². The van der Waals surface area contributed by atoms with Crippen molar-refractivity contribution in [2.75, 3.05) is 12.0 Å². The maximum Gasteiger partial charge on any atom is 0.243 e. The van der Waals surface area contributed by atoms with Crippen LogP contribution in [0.15, 0.2) is 6.07 Å². The van der Waals surface area contributed by atoms with Gasteiger partial charge in [-0.05, 0) is 31.9 Å². The van der Waals surface area contributed by atoms with Crippen molar-refractivity contribution >= 4 is 29.2 Å². The van der Waals surface area contributed by atoms with Gasteiger partial charge in [-0.3, -0.25) is 30.3 Å². The summed E-state index contributed by atoms with van der Waals surface area (Å²) in [5.41, 5.74) is 8.11. The fraction of sp³-hybridized carbons (Fsp3) is 0.556. The van der Waals surface area contributed by atoms with Gasteiger partial charge in [-0.15, -0.1) is 0 Å². The molecule has 0 aliphatic rings. The Morgan fingerprint density at radius 3 is 2.81 bits per heavy atom. The lowest BCUT2D eigenvalue weighted by Crippen LogP contribution is -2.40. The number of pyridine rings is 1. The zero-order valence-electron chi connectivity index (χ0n) is 16.3. The van der Waals surface area contributed by atoms with Gasteiger partial charge in [0.2, 0.25) is 12.3 Å². The van der Waals surface area contributed by atoms with Crippen LogP contribution in [0, 0.1) is 19.8 Å². The number of amides is 2. The van der Waals surface area contributed by atoms with Gasteiger partial charge < -0.3 is 0 Å². The molecule has 27 heavy (non-hydrogen) atoms. The third kappa shape index (κ3) is 5.16. The van der Waals surface area contributed by atoms with Gasteiger partial charge in [0.15, 0.2) is 5.65 Å². The molecule has 2 aromatic heterocycles. The van der Waals surface area contributed by atoms with E-state index in [1.54, 1.807) is 4.68 Å². The SMILES string of the molecule is CCCCC[C@H](CN(O)C=O)C(=O)NNc1cc(C)c2c(C)nn(C)c2n1. The quantitative estimate of drug-likeness (QED) is 0.253. The van der Waals surface area contributed by atoms with E-state index in [9.17, 15) is 14.8 Å². The molecule has 0 aliphatic heterocycles. The highest BCUT2D eigenvalue weighted by Crippen LogP contribution is 2.22. The highest BCUT2D eigenvalue weighted by molar-refractivity contribution is 5.84. The number of nitrogens with one attached hydrogen (secondary N) is 2. The Balaban J connectivity index is 2.08. The number of anilines is 1. The van der Waals surface area contributed by atoms with Crippen molar-refractivity contribution in [1.82, 2.24) is 25.3 Å². The Morgan fingerprint density at radius 1 is 1.41 bits per heavy atom. The van der Waals surface area contributed by atoms with Crippen LogP contribution in [0.4, 0.5) is 5.82 Å². The molecule has 0 radical (unpaired) electrons. The molecule has 2 rings (SSSR count). The number of aromatic nitrogens is 3. The van der Waals surface area contributed by atoms with Crippen molar-refractivity contribution < 1.29 is 14.8 Å². The van der Waals surface area contributed by atoms with E-state index in [0.717, 1.165) is 41.6 Å². The van der Waals surface area contributed by atoms with Crippen molar-refractivity contribution in [1.29, 1.82) is 0 Å². The van der Waals surface area contributed by atoms with E-state index in [2.05, 4.69) is 27.9 Å². The average Bonchev–Trinajstić information content (AvgIpc) is 2.93. The number of carbonyl (C=O) groups excluding carboxylic acids is 2. The van der Waals surface area contributed by atoms with Crippen molar-refractivity contribution in [2.24, 2.45) is 13.0 Å². The molecule has 148 valence electrons. The molecule has 2 aromatic rings. The summed E-state index contributed by atoms with van der Waals surface area (Å²) in [7, 11) is 1.82. The molecule has 0 saturated carbocycles. The lowest BCUT2D eigenvalue weighted by atomic mass is 10.0. The Bertz CT molecular complexity index is 804. The summed E-state index contributed by atoms with van der Waals surface area (Å²) in [5.74, 6) is -0.310. The summed E-state index contributed by atoms with van der Waals surface area (Å²) >= 11 is 0. The number of hydrogen-bond acceptors (Lipinski definition) is 6. The first-order valence-electron chi connectivity index (χ1n) is 9.15. The number of fused-ring (bicyclic) bond motifs is 1. The first-order chi connectivity index (χ1) is 12.9. The highest BCUT2D eigenvalue weighted by Gasteiger charge is 2.21. The maximum atomic E-state index is 12.5. The van der Waals surface area contributed by atoms with Gasteiger partial charge in [-0.25, -0.2) is 10.0 Å². The molecule has 0 fully saturated rings. The lowest BCUT2D eigenvalue weighted by molar-refractivity contribution is -0.154. The van der Waals surface area contributed by atoms with Gasteiger partial charge in [-0.2, -0.15) is 5.10 Å². The topological polar surface area (TPSA) is 112 Å². The van der Waals surface area contributed by atoms with Crippen LogP contribution in [0.5, 0.6) is 0 Å². The summed E-state index contributed by atoms with van der Waals surface area (Å²) in [5, 5.41) is 15.3. The summed E-state index contributed by atoms with van der Waals surface area (Å²) in [6, 6.07) is 1.84. The minimum Gasteiger partial charge on any atom is -0.286 e. The molecule has 0 unspecified atom stereocenters. The first kappa shape index (κ1) is 20.6. The van der Waals surface area contributed by atoms with Crippen LogP contribution in [0.1, 0.15) is 43.9 Å². The Labute approximate surface area is 158 Å². The van der Waals surface area contributed by atoms with Crippen LogP contribution in [0.25, 0.3) is 11.0 Å². The molecule has 0 aromatic carbocycles. The number of aryl methyl sites for hydroxylation is 3. The molecular weight excluding hydrogens is 348 g/mol. The Morgan fingerprint density at radius 2 is 2.15 bits per heavy atom. The molecule has 3 N–H and O–H groups in total. The molecule has 9 nitrogen and oxygen atoms in total. The molecular formula is C18H28N6O3. The van der Waals surface area contributed by atoms with Gasteiger partial charge >= 0.3 is 0 Å². The van der Waals surface area contributed by atoms with Crippen molar-refractivity contribution in [2.45, 2.75) is 46.5 Å². The molecule has 0 aliphatic carbocycles. The van der Waals surface area contributed by atoms with Crippen molar-refractivity contribution in [3.63, 3.8) is 0 Å². The standard InChI is InChI=1S/C18H28N6O3/c1-5-6-7-8-14(10-24(27)11-25)18(26)21-20-15-9-12(2)16-13(3)22-23(4)17(16)19-15/h9,11,14,27H,5-8,10H2,1-4H3,(H,19,20)(H,21,26)/t14-/m1/s1. The zero-order valence-corrected chi connectivity index (χ0v) is 16.3. The molecule has 0 bridgehead atoms. The third-order valence-electron chi connectivity index (χ3n) is 4.54. The number of carbonyl (C=O) groups is 2. The van der Waals surface area contributed by atoms with Crippen molar-refractivity contribution in [3.8, 4) is 0 Å². The van der Waals surface area contributed by atoms with Gasteiger partial charge in [-0.1, -0.05) is 26.2 Å². The predicted octanol–water partition coefficient (Wildman–Crippen LogP) is 2.07. The highest BCUT2D eigenvalue weighted by atomic mass is 16.5. The average molecular weight is 376 g/mol. The number of hydrazine groups is 1.